The number of hydrogen-bond donors (Lipinski definition) is 1. The van der Waals surface area contributed by atoms with Crippen LogP contribution in [0.4, 0.5) is 0 Å². The molecule has 12 heavy (non-hydrogen) atoms. The highest BCUT2D eigenvalue weighted by Crippen LogP contribution is 2.16. The summed E-state index contributed by atoms with van der Waals surface area (Å²) < 4.78 is 0. The molecule has 0 spiro atoms. The fourth-order valence-electron chi connectivity index (χ4n) is 1.11. The van der Waals surface area contributed by atoms with Crippen LogP contribution >= 0.6 is 0 Å². The van der Waals surface area contributed by atoms with Gasteiger partial charge in [-0.3, -0.25) is 4.79 Å². The van der Waals surface area contributed by atoms with Crippen molar-refractivity contribution in [2.24, 2.45) is 5.92 Å². The molecule has 0 aliphatic rings. The molecule has 0 heterocycles. The van der Waals surface area contributed by atoms with Crippen LogP contribution in [0.25, 0.3) is 0 Å². The summed E-state index contributed by atoms with van der Waals surface area (Å²) in [6, 6.07) is 0. The van der Waals surface area contributed by atoms with Crippen LogP contribution in [0, 0.1) is 5.92 Å². The Hall–Kier alpha value is -0.790. The van der Waals surface area contributed by atoms with Crippen molar-refractivity contribution in [1.82, 2.24) is 0 Å². The number of hydrogen-bond acceptors (Lipinski definition) is 1. The molecular weight excluding hydrogens is 152 g/mol. The standard InChI is InChI=1S/C10H18O2/c1-4-8(2)7-9(3)5-6-10(11)12/h9H,2,4-7H2,1,3H3,(H,11,12). The Balaban J connectivity index is 3.52. The first-order valence-electron chi connectivity index (χ1n) is 4.44. The second-order valence-corrected chi connectivity index (χ2v) is 3.35. The van der Waals surface area contributed by atoms with Gasteiger partial charge >= 0.3 is 5.97 Å². The lowest BCUT2D eigenvalue weighted by Crippen LogP contribution is -2.01. The van der Waals surface area contributed by atoms with Crippen LogP contribution in [0.15, 0.2) is 12.2 Å². The van der Waals surface area contributed by atoms with E-state index in [2.05, 4.69) is 20.4 Å². The van der Waals surface area contributed by atoms with Gasteiger partial charge in [-0.05, 0) is 25.2 Å². The summed E-state index contributed by atoms with van der Waals surface area (Å²) in [5.41, 5.74) is 1.22. The van der Waals surface area contributed by atoms with Crippen LogP contribution < -0.4 is 0 Å². The highest BCUT2D eigenvalue weighted by molar-refractivity contribution is 5.66. The van der Waals surface area contributed by atoms with Gasteiger partial charge in [0.2, 0.25) is 0 Å². The van der Waals surface area contributed by atoms with E-state index < -0.39 is 5.97 Å². The van der Waals surface area contributed by atoms with Crippen LogP contribution in [0.3, 0.4) is 0 Å². The topological polar surface area (TPSA) is 37.3 Å². The van der Waals surface area contributed by atoms with Crippen LogP contribution in [-0.4, -0.2) is 11.1 Å². The molecule has 70 valence electrons. The van der Waals surface area contributed by atoms with Gasteiger partial charge in [-0.15, -0.1) is 0 Å². The largest absolute Gasteiger partial charge is 0.481 e. The first kappa shape index (κ1) is 11.2. The van der Waals surface area contributed by atoms with Crippen molar-refractivity contribution in [3.8, 4) is 0 Å². The third-order valence-electron chi connectivity index (χ3n) is 1.99. The van der Waals surface area contributed by atoms with E-state index >= 15 is 0 Å². The Labute approximate surface area is 74.3 Å². The Bertz CT molecular complexity index is 161. The first-order chi connectivity index (χ1) is 5.56. The van der Waals surface area contributed by atoms with Crippen molar-refractivity contribution in [2.45, 2.75) is 39.5 Å². The number of allylic oxidation sites excluding steroid dienone is 1. The molecule has 0 aliphatic carbocycles. The molecule has 1 atom stereocenters. The maximum atomic E-state index is 10.2. The van der Waals surface area contributed by atoms with Crippen molar-refractivity contribution in [3.05, 3.63) is 12.2 Å². The van der Waals surface area contributed by atoms with E-state index in [0.717, 1.165) is 19.3 Å². The van der Waals surface area contributed by atoms with Crippen molar-refractivity contribution in [2.75, 3.05) is 0 Å². The predicted molar refractivity (Wildman–Crippen MR) is 50.1 cm³/mol. The second-order valence-electron chi connectivity index (χ2n) is 3.35. The quantitative estimate of drug-likeness (QED) is 0.622. The number of aliphatic carboxylic acids is 1. The number of carbonyl (C=O) groups is 1. The van der Waals surface area contributed by atoms with E-state index in [4.69, 9.17) is 5.11 Å². The van der Waals surface area contributed by atoms with E-state index in [1.54, 1.807) is 0 Å². The van der Waals surface area contributed by atoms with E-state index in [1.807, 2.05) is 0 Å². The number of rotatable bonds is 6. The van der Waals surface area contributed by atoms with E-state index in [1.165, 1.54) is 5.57 Å². The zero-order valence-electron chi connectivity index (χ0n) is 7.97. The molecule has 0 radical (unpaired) electrons. The molecule has 0 bridgehead atoms. The van der Waals surface area contributed by atoms with E-state index in [0.29, 0.717) is 5.92 Å². The molecule has 0 fully saturated rings. The van der Waals surface area contributed by atoms with Gasteiger partial charge in [0.1, 0.15) is 0 Å². The molecule has 0 saturated carbocycles. The third kappa shape index (κ3) is 5.96. The molecule has 1 N–H and O–H groups in total. The van der Waals surface area contributed by atoms with Crippen LogP contribution in [-0.2, 0) is 4.79 Å². The highest BCUT2D eigenvalue weighted by atomic mass is 16.4. The Morgan fingerprint density at radius 2 is 2.17 bits per heavy atom. The van der Waals surface area contributed by atoms with Crippen molar-refractivity contribution in [3.63, 3.8) is 0 Å². The molecule has 0 aliphatic heterocycles. The minimum Gasteiger partial charge on any atom is -0.481 e. The van der Waals surface area contributed by atoms with Gasteiger partial charge in [0.25, 0.3) is 0 Å². The summed E-state index contributed by atoms with van der Waals surface area (Å²) in [4.78, 5) is 10.2. The van der Waals surface area contributed by atoms with Gasteiger partial charge in [0.15, 0.2) is 0 Å². The van der Waals surface area contributed by atoms with Crippen molar-refractivity contribution < 1.29 is 9.90 Å². The Kier molecular flexibility index (Phi) is 5.43. The Morgan fingerprint density at radius 1 is 1.58 bits per heavy atom. The average Bonchev–Trinajstić information content (AvgIpc) is 2.00. The summed E-state index contributed by atoms with van der Waals surface area (Å²) >= 11 is 0. The SMILES string of the molecule is C=C(CC)CC(C)CCC(=O)O. The smallest absolute Gasteiger partial charge is 0.303 e. The van der Waals surface area contributed by atoms with Crippen LogP contribution in [0.2, 0.25) is 0 Å². The summed E-state index contributed by atoms with van der Waals surface area (Å²) in [7, 11) is 0. The molecule has 2 nitrogen and oxygen atoms in total. The van der Waals surface area contributed by atoms with Crippen molar-refractivity contribution >= 4 is 5.97 Å². The van der Waals surface area contributed by atoms with Gasteiger partial charge in [-0.1, -0.05) is 26.0 Å². The number of carboxylic acid groups (broad SMARTS) is 1. The molecule has 0 saturated heterocycles. The minimum absolute atomic E-state index is 0.276. The first-order valence-corrected chi connectivity index (χ1v) is 4.44. The average molecular weight is 170 g/mol. The lowest BCUT2D eigenvalue weighted by molar-refractivity contribution is -0.137. The molecule has 0 aromatic heterocycles. The molecule has 2 heteroatoms. The molecular formula is C10H18O2. The lowest BCUT2D eigenvalue weighted by atomic mass is 9.96. The van der Waals surface area contributed by atoms with Gasteiger partial charge in [0, 0.05) is 6.42 Å². The normalized spacial score (nSPS) is 12.5. The zero-order chi connectivity index (χ0) is 9.56. The van der Waals surface area contributed by atoms with Gasteiger partial charge < -0.3 is 5.11 Å². The molecule has 0 aromatic rings. The molecule has 0 amide bonds. The van der Waals surface area contributed by atoms with E-state index in [-0.39, 0.29) is 6.42 Å². The Morgan fingerprint density at radius 3 is 2.58 bits per heavy atom. The summed E-state index contributed by atoms with van der Waals surface area (Å²) in [6.45, 7) is 8.04. The molecule has 1 unspecified atom stereocenters. The summed E-state index contributed by atoms with van der Waals surface area (Å²) in [6.07, 6.45) is 2.99. The zero-order valence-corrected chi connectivity index (χ0v) is 7.97. The monoisotopic (exact) mass is 170 g/mol. The van der Waals surface area contributed by atoms with Crippen molar-refractivity contribution in [1.29, 1.82) is 0 Å². The van der Waals surface area contributed by atoms with Gasteiger partial charge in [-0.2, -0.15) is 0 Å². The summed E-state index contributed by atoms with van der Waals surface area (Å²) in [5, 5.41) is 8.43. The van der Waals surface area contributed by atoms with Gasteiger partial charge in [-0.25, -0.2) is 0 Å². The van der Waals surface area contributed by atoms with Gasteiger partial charge in [0.05, 0.1) is 0 Å². The third-order valence-corrected chi connectivity index (χ3v) is 1.99. The summed E-state index contributed by atoms with van der Waals surface area (Å²) in [5.74, 6) is -0.252. The maximum absolute atomic E-state index is 10.2. The number of carboxylic acids is 1. The molecule has 0 aromatic carbocycles. The highest BCUT2D eigenvalue weighted by Gasteiger charge is 2.05. The fourth-order valence-corrected chi connectivity index (χ4v) is 1.11. The van der Waals surface area contributed by atoms with Crippen LogP contribution in [0.1, 0.15) is 39.5 Å². The second kappa shape index (κ2) is 5.81. The van der Waals surface area contributed by atoms with Crippen LogP contribution in [0.5, 0.6) is 0 Å². The predicted octanol–water partition coefficient (Wildman–Crippen LogP) is 2.84. The molecule has 0 rings (SSSR count). The minimum atomic E-state index is -0.705. The van der Waals surface area contributed by atoms with E-state index in [9.17, 15) is 4.79 Å². The fraction of sp³-hybridized carbons (Fsp3) is 0.700. The maximum Gasteiger partial charge on any atom is 0.303 e. The lowest BCUT2D eigenvalue weighted by Gasteiger charge is -2.10.